The molecule has 0 saturated carbocycles. The van der Waals surface area contributed by atoms with Gasteiger partial charge in [-0.1, -0.05) is 6.92 Å². The van der Waals surface area contributed by atoms with Crippen molar-refractivity contribution in [2.45, 2.75) is 26.7 Å². The smallest absolute Gasteiger partial charge is 0.205 e. The first-order valence-corrected chi connectivity index (χ1v) is 3.13. The molecule has 0 saturated heterocycles. The van der Waals surface area contributed by atoms with Crippen molar-refractivity contribution in [1.82, 2.24) is 0 Å². The number of hydrogen-bond donors (Lipinski definition) is 0. The number of ketones is 3. The van der Waals surface area contributed by atoms with Gasteiger partial charge in [-0.05, 0) is 0 Å². The maximum atomic E-state index is 10.6. The van der Waals surface area contributed by atoms with Crippen molar-refractivity contribution in [3.8, 4) is 0 Å². The first-order valence-electron chi connectivity index (χ1n) is 3.13. The standard InChI is InChI=1S/C7H10O3/c1-3-6(9)4-7(10)5(2)8/h3-4H2,1-2H3. The summed E-state index contributed by atoms with van der Waals surface area (Å²) in [6, 6.07) is 0. The van der Waals surface area contributed by atoms with Gasteiger partial charge in [-0.15, -0.1) is 0 Å². The van der Waals surface area contributed by atoms with Crippen molar-refractivity contribution in [2.75, 3.05) is 0 Å². The van der Waals surface area contributed by atoms with E-state index in [4.69, 9.17) is 0 Å². The zero-order valence-electron chi connectivity index (χ0n) is 6.14. The minimum absolute atomic E-state index is 0.180. The third kappa shape index (κ3) is 3.12. The maximum absolute atomic E-state index is 10.6. The highest BCUT2D eigenvalue weighted by Crippen LogP contribution is 1.90. The van der Waals surface area contributed by atoms with Gasteiger partial charge in [0.2, 0.25) is 5.78 Å². The van der Waals surface area contributed by atoms with Gasteiger partial charge < -0.3 is 0 Å². The molecule has 0 fully saturated rings. The summed E-state index contributed by atoms with van der Waals surface area (Å²) in [5.41, 5.74) is 0. The Balaban J connectivity index is 3.80. The highest BCUT2D eigenvalue weighted by atomic mass is 16.2. The van der Waals surface area contributed by atoms with E-state index in [2.05, 4.69) is 0 Å². The summed E-state index contributed by atoms with van der Waals surface area (Å²) in [5, 5.41) is 0. The van der Waals surface area contributed by atoms with Crippen LogP contribution in [-0.4, -0.2) is 17.3 Å². The van der Waals surface area contributed by atoms with E-state index >= 15 is 0 Å². The van der Waals surface area contributed by atoms with Crippen molar-refractivity contribution in [3.63, 3.8) is 0 Å². The van der Waals surface area contributed by atoms with Gasteiger partial charge in [0.25, 0.3) is 0 Å². The van der Waals surface area contributed by atoms with E-state index in [1.165, 1.54) is 6.92 Å². The molecule has 0 heterocycles. The number of hydrogen-bond acceptors (Lipinski definition) is 3. The predicted molar refractivity (Wildman–Crippen MR) is 35.6 cm³/mol. The van der Waals surface area contributed by atoms with Crippen LogP contribution in [0, 0.1) is 0 Å². The normalized spacial score (nSPS) is 9.00. The van der Waals surface area contributed by atoms with Crippen molar-refractivity contribution in [2.24, 2.45) is 0 Å². The van der Waals surface area contributed by atoms with Crippen molar-refractivity contribution >= 4 is 17.3 Å². The van der Waals surface area contributed by atoms with Crippen LogP contribution in [-0.2, 0) is 14.4 Å². The molecule has 0 N–H and O–H groups in total. The van der Waals surface area contributed by atoms with E-state index in [-0.39, 0.29) is 12.2 Å². The van der Waals surface area contributed by atoms with Crippen molar-refractivity contribution in [1.29, 1.82) is 0 Å². The maximum Gasteiger partial charge on any atom is 0.205 e. The van der Waals surface area contributed by atoms with Gasteiger partial charge in [0.15, 0.2) is 5.78 Å². The average molecular weight is 142 g/mol. The third-order valence-corrected chi connectivity index (χ3v) is 1.14. The molecule has 10 heavy (non-hydrogen) atoms. The van der Waals surface area contributed by atoms with Crippen molar-refractivity contribution in [3.05, 3.63) is 0 Å². The molecule has 0 rings (SSSR count). The lowest BCUT2D eigenvalue weighted by molar-refractivity contribution is -0.137. The van der Waals surface area contributed by atoms with Crippen LogP contribution in [0.3, 0.4) is 0 Å². The topological polar surface area (TPSA) is 51.2 Å². The largest absolute Gasteiger partial charge is 0.299 e. The molecule has 0 radical (unpaired) electrons. The summed E-state index contributed by atoms with van der Waals surface area (Å²) >= 11 is 0. The Labute approximate surface area is 59.4 Å². The molecule has 0 amide bonds. The lowest BCUT2D eigenvalue weighted by atomic mass is 10.1. The van der Waals surface area contributed by atoms with Crippen LogP contribution in [0.15, 0.2) is 0 Å². The van der Waals surface area contributed by atoms with Crippen LogP contribution in [0.2, 0.25) is 0 Å². The highest BCUT2D eigenvalue weighted by molar-refractivity contribution is 6.39. The minimum Gasteiger partial charge on any atom is -0.299 e. The number of rotatable bonds is 4. The molecule has 0 aliphatic carbocycles. The second-order valence-corrected chi connectivity index (χ2v) is 2.05. The minimum atomic E-state index is -0.591. The van der Waals surface area contributed by atoms with E-state index in [0.29, 0.717) is 6.42 Å². The lowest BCUT2D eigenvalue weighted by Crippen LogP contribution is -2.13. The van der Waals surface area contributed by atoms with Gasteiger partial charge in [0.1, 0.15) is 5.78 Å². The second kappa shape index (κ2) is 3.93. The second-order valence-electron chi connectivity index (χ2n) is 2.05. The van der Waals surface area contributed by atoms with Crippen LogP contribution in [0.5, 0.6) is 0 Å². The summed E-state index contributed by atoms with van der Waals surface area (Å²) in [7, 11) is 0. The van der Waals surface area contributed by atoms with Gasteiger partial charge in [0, 0.05) is 13.3 Å². The molecule has 0 bridgehead atoms. The first kappa shape index (κ1) is 9.01. The molecule has 0 aromatic rings. The quantitative estimate of drug-likeness (QED) is 0.424. The van der Waals surface area contributed by atoms with Gasteiger partial charge in [0.05, 0.1) is 6.42 Å². The lowest BCUT2D eigenvalue weighted by Gasteiger charge is -1.91. The number of carbonyl (C=O) groups is 3. The fourth-order valence-electron chi connectivity index (χ4n) is 0.429. The Bertz CT molecular complexity index is 170. The Kier molecular flexibility index (Phi) is 3.54. The average Bonchev–Trinajstić information content (AvgIpc) is 1.87. The highest BCUT2D eigenvalue weighted by Gasteiger charge is 2.11. The van der Waals surface area contributed by atoms with Gasteiger partial charge in [-0.25, -0.2) is 0 Å². The van der Waals surface area contributed by atoms with E-state index in [1.807, 2.05) is 0 Å². The molecular weight excluding hydrogens is 132 g/mol. The van der Waals surface area contributed by atoms with Crippen LogP contribution in [0.4, 0.5) is 0 Å². The van der Waals surface area contributed by atoms with Crippen LogP contribution in [0.25, 0.3) is 0 Å². The van der Waals surface area contributed by atoms with Gasteiger partial charge in [-0.3, -0.25) is 14.4 Å². The van der Waals surface area contributed by atoms with Gasteiger partial charge in [-0.2, -0.15) is 0 Å². The van der Waals surface area contributed by atoms with Crippen LogP contribution >= 0.6 is 0 Å². The van der Waals surface area contributed by atoms with Crippen molar-refractivity contribution < 1.29 is 14.4 Å². The molecular formula is C7H10O3. The zero-order valence-corrected chi connectivity index (χ0v) is 6.14. The third-order valence-electron chi connectivity index (χ3n) is 1.14. The van der Waals surface area contributed by atoms with E-state index in [9.17, 15) is 14.4 Å². The number of Topliss-reactive ketones (excluding diaryl/α,β-unsaturated/α-hetero) is 3. The summed E-state index contributed by atoms with van der Waals surface area (Å²) in [5.74, 6) is -1.31. The number of carbonyl (C=O) groups excluding carboxylic acids is 3. The van der Waals surface area contributed by atoms with E-state index in [1.54, 1.807) is 6.92 Å². The monoisotopic (exact) mass is 142 g/mol. The predicted octanol–water partition coefficient (Wildman–Crippen LogP) is 0.514. The molecule has 0 aliphatic heterocycles. The molecule has 0 atom stereocenters. The Hall–Kier alpha value is -0.990. The fraction of sp³-hybridized carbons (Fsp3) is 0.571. The van der Waals surface area contributed by atoms with Crippen LogP contribution in [0.1, 0.15) is 26.7 Å². The Morgan fingerprint density at radius 1 is 1.20 bits per heavy atom. The summed E-state index contributed by atoms with van der Waals surface area (Å²) in [6.45, 7) is 2.83. The fourth-order valence-corrected chi connectivity index (χ4v) is 0.429. The Morgan fingerprint density at radius 3 is 2.00 bits per heavy atom. The molecule has 0 spiro atoms. The summed E-state index contributed by atoms with van der Waals surface area (Å²) in [6.07, 6.45) is 0.0881. The molecule has 0 unspecified atom stereocenters. The van der Waals surface area contributed by atoms with E-state index < -0.39 is 11.6 Å². The molecule has 3 nitrogen and oxygen atoms in total. The summed E-state index contributed by atoms with van der Waals surface area (Å²) < 4.78 is 0. The molecule has 0 aliphatic rings. The SMILES string of the molecule is CCC(=O)CC(=O)C(C)=O. The molecule has 0 aromatic carbocycles. The molecule has 56 valence electrons. The molecule has 0 aromatic heterocycles. The molecule has 3 heteroatoms. The first-order chi connectivity index (χ1) is 4.57. The van der Waals surface area contributed by atoms with Gasteiger partial charge >= 0.3 is 0 Å². The zero-order chi connectivity index (χ0) is 8.15. The Morgan fingerprint density at radius 2 is 1.70 bits per heavy atom. The summed E-state index contributed by atoms with van der Waals surface area (Å²) in [4.78, 5) is 31.4. The van der Waals surface area contributed by atoms with Crippen LogP contribution < -0.4 is 0 Å². The van der Waals surface area contributed by atoms with E-state index in [0.717, 1.165) is 0 Å².